The summed E-state index contributed by atoms with van der Waals surface area (Å²) in [5, 5.41) is 8.22. The molecule has 0 aliphatic heterocycles. The highest BCUT2D eigenvalue weighted by molar-refractivity contribution is 6.02. The van der Waals surface area contributed by atoms with Crippen LogP contribution < -0.4 is 4.74 Å². The monoisotopic (exact) mass is 457 g/mol. The molecule has 0 radical (unpaired) electrons. The molecule has 3 aromatic carbocycles. The van der Waals surface area contributed by atoms with E-state index in [0.29, 0.717) is 42.4 Å². The van der Waals surface area contributed by atoms with Gasteiger partial charge in [-0.25, -0.2) is 4.79 Å². The van der Waals surface area contributed by atoms with Gasteiger partial charge in [0.25, 0.3) is 6.01 Å². The van der Waals surface area contributed by atoms with Gasteiger partial charge in [0.05, 0.1) is 43.5 Å². The van der Waals surface area contributed by atoms with Crippen molar-refractivity contribution < 1.29 is 19.0 Å². The lowest BCUT2D eigenvalue weighted by molar-refractivity contribution is 0.0602. The van der Waals surface area contributed by atoms with E-state index < -0.39 is 5.97 Å². The molecule has 34 heavy (non-hydrogen) atoms. The molecule has 0 spiro atoms. The van der Waals surface area contributed by atoms with E-state index in [9.17, 15) is 4.79 Å². The molecule has 0 amide bonds. The number of carbonyl (C=O) groups excluding carboxylic acids is 1. The lowest BCUT2D eigenvalue weighted by atomic mass is 9.98. The van der Waals surface area contributed by atoms with Crippen LogP contribution in [0.2, 0.25) is 0 Å². The van der Waals surface area contributed by atoms with Crippen LogP contribution in [0.25, 0.3) is 22.2 Å². The van der Waals surface area contributed by atoms with Crippen LogP contribution in [0.4, 0.5) is 0 Å². The zero-order chi connectivity index (χ0) is 24.1. The van der Waals surface area contributed by atoms with E-state index in [1.165, 1.54) is 7.11 Å². The van der Waals surface area contributed by atoms with Gasteiger partial charge in [-0.05, 0) is 48.7 Å². The Bertz CT molecular complexity index is 1330. The number of hydrogen-bond acceptors (Lipinski definition) is 6. The van der Waals surface area contributed by atoms with E-state index >= 15 is 0 Å². The summed E-state index contributed by atoms with van der Waals surface area (Å²) in [5.74, 6) is -0.262. The average Bonchev–Trinajstić information content (AvgIpc) is 3.21. The molecule has 4 rings (SSSR count). The minimum atomic E-state index is -0.418. The normalized spacial score (nSPS) is 10.8. The number of aromatic nitrogens is 2. The lowest BCUT2D eigenvalue weighted by Gasteiger charge is -2.13. The van der Waals surface area contributed by atoms with Crippen molar-refractivity contribution in [1.29, 1.82) is 5.41 Å². The first-order valence-corrected chi connectivity index (χ1v) is 11.2. The van der Waals surface area contributed by atoms with Gasteiger partial charge < -0.3 is 14.2 Å². The number of fused-ring (bicyclic) bond motifs is 1. The molecule has 0 saturated carbocycles. The zero-order valence-electron chi connectivity index (χ0n) is 19.5. The van der Waals surface area contributed by atoms with Crippen LogP contribution >= 0.6 is 0 Å². The summed E-state index contributed by atoms with van der Waals surface area (Å²) < 4.78 is 18.1. The number of ether oxygens (including phenoxy) is 3. The van der Waals surface area contributed by atoms with Crippen molar-refractivity contribution in [3.05, 3.63) is 83.4 Å². The van der Waals surface area contributed by atoms with E-state index in [4.69, 9.17) is 19.6 Å². The second-order valence-corrected chi connectivity index (χ2v) is 7.58. The van der Waals surface area contributed by atoms with Crippen molar-refractivity contribution in [2.45, 2.75) is 20.4 Å². The third-order valence-corrected chi connectivity index (χ3v) is 5.48. The maximum Gasteiger partial charge on any atom is 0.340 e. The summed E-state index contributed by atoms with van der Waals surface area (Å²) in [4.78, 5) is 17.0. The highest BCUT2D eigenvalue weighted by atomic mass is 16.5. The highest BCUT2D eigenvalue weighted by Gasteiger charge is 2.20. The van der Waals surface area contributed by atoms with Crippen LogP contribution in [0.15, 0.2) is 66.7 Å². The summed E-state index contributed by atoms with van der Waals surface area (Å²) in [6.07, 6.45) is 0. The molecule has 0 bridgehead atoms. The molecule has 0 aliphatic rings. The first-order chi connectivity index (χ1) is 16.6. The Morgan fingerprint density at radius 2 is 1.68 bits per heavy atom. The fourth-order valence-electron chi connectivity index (χ4n) is 3.95. The Balaban J connectivity index is 1.71. The number of carbonyl (C=O) groups is 1. The molecule has 1 N–H and O–H groups in total. The summed E-state index contributed by atoms with van der Waals surface area (Å²) >= 11 is 0. The van der Waals surface area contributed by atoms with Gasteiger partial charge in [-0.15, -0.1) is 0 Å². The fraction of sp³-hybridized carbons (Fsp3) is 0.222. The summed E-state index contributed by atoms with van der Waals surface area (Å²) in [5.41, 5.74) is 5.48. The van der Waals surface area contributed by atoms with Gasteiger partial charge in [-0.1, -0.05) is 48.5 Å². The first-order valence-electron chi connectivity index (χ1n) is 11.2. The van der Waals surface area contributed by atoms with Gasteiger partial charge in [-0.3, -0.25) is 9.98 Å². The number of benzene rings is 3. The predicted molar refractivity (Wildman–Crippen MR) is 132 cm³/mol. The maximum atomic E-state index is 12.4. The molecular weight excluding hydrogens is 430 g/mol. The van der Waals surface area contributed by atoms with Gasteiger partial charge in [0.2, 0.25) is 5.90 Å². The molecule has 0 saturated heterocycles. The van der Waals surface area contributed by atoms with E-state index in [1.54, 1.807) is 12.1 Å². The molecular formula is C27H27N3O4. The number of nitrogens with zero attached hydrogens (tertiary/aromatic N) is 2. The highest BCUT2D eigenvalue weighted by Crippen LogP contribution is 2.28. The van der Waals surface area contributed by atoms with Gasteiger partial charge in [0, 0.05) is 5.56 Å². The Hall–Kier alpha value is -4.13. The van der Waals surface area contributed by atoms with Crippen LogP contribution in [-0.4, -0.2) is 41.7 Å². The van der Waals surface area contributed by atoms with Crippen LogP contribution in [0.3, 0.4) is 0 Å². The number of nitrogens with one attached hydrogen (secondary N) is 1. The fourth-order valence-corrected chi connectivity index (χ4v) is 3.95. The molecule has 7 nitrogen and oxygen atoms in total. The number of para-hydroxylation sites is 1. The van der Waals surface area contributed by atoms with E-state index in [-0.39, 0.29) is 5.90 Å². The number of rotatable bonds is 8. The van der Waals surface area contributed by atoms with Crippen LogP contribution in [-0.2, 0) is 16.0 Å². The van der Waals surface area contributed by atoms with Crippen molar-refractivity contribution in [3.63, 3.8) is 0 Å². The quantitative estimate of drug-likeness (QED) is 0.220. The Labute approximate surface area is 198 Å². The molecule has 4 aromatic rings. The molecule has 174 valence electrons. The molecule has 0 unspecified atom stereocenters. The lowest BCUT2D eigenvalue weighted by Crippen LogP contribution is -2.09. The number of imidazole rings is 1. The molecule has 1 aromatic heterocycles. The average molecular weight is 458 g/mol. The second kappa shape index (κ2) is 10.2. The summed E-state index contributed by atoms with van der Waals surface area (Å²) in [6, 6.07) is 21.6. The van der Waals surface area contributed by atoms with Crippen molar-refractivity contribution in [2.24, 2.45) is 0 Å². The second-order valence-electron chi connectivity index (χ2n) is 7.58. The van der Waals surface area contributed by atoms with Crippen molar-refractivity contribution in [1.82, 2.24) is 9.55 Å². The van der Waals surface area contributed by atoms with Crippen molar-refractivity contribution >= 4 is 22.9 Å². The third-order valence-electron chi connectivity index (χ3n) is 5.48. The molecule has 7 heteroatoms. The molecule has 1 heterocycles. The molecule has 0 aliphatic carbocycles. The van der Waals surface area contributed by atoms with E-state index in [0.717, 1.165) is 22.3 Å². The summed E-state index contributed by atoms with van der Waals surface area (Å²) in [7, 11) is 1.37. The summed E-state index contributed by atoms with van der Waals surface area (Å²) in [6.45, 7) is 5.14. The van der Waals surface area contributed by atoms with Gasteiger partial charge >= 0.3 is 5.97 Å². The maximum absolute atomic E-state index is 12.4. The minimum absolute atomic E-state index is 0.156. The van der Waals surface area contributed by atoms with E-state index in [2.05, 4.69) is 4.98 Å². The number of methoxy groups -OCH3 is 1. The van der Waals surface area contributed by atoms with Gasteiger partial charge in [0.1, 0.15) is 0 Å². The smallest absolute Gasteiger partial charge is 0.340 e. The van der Waals surface area contributed by atoms with Gasteiger partial charge in [-0.2, -0.15) is 4.98 Å². The zero-order valence-corrected chi connectivity index (χ0v) is 19.5. The van der Waals surface area contributed by atoms with Crippen LogP contribution in [0.5, 0.6) is 6.01 Å². The van der Waals surface area contributed by atoms with E-state index in [1.807, 2.05) is 73.0 Å². The Morgan fingerprint density at radius 1 is 0.941 bits per heavy atom. The van der Waals surface area contributed by atoms with Gasteiger partial charge in [0.15, 0.2) is 0 Å². The SMILES string of the molecule is CCOC(=N)c1ccccc1-c1ccc(Cn2c(OCC)nc3cccc(C(=O)OC)c32)cc1. The minimum Gasteiger partial charge on any atom is -0.478 e. The standard InChI is InChI=1S/C27H27N3O4/c1-4-33-25(28)21-10-7-6-9-20(21)19-15-13-18(14-16-19)17-30-24-22(26(31)32-3)11-8-12-23(24)29-27(30)34-5-2/h6-16,28H,4-5,17H2,1-3H3. The Morgan fingerprint density at radius 3 is 2.38 bits per heavy atom. The van der Waals surface area contributed by atoms with Crippen molar-refractivity contribution in [2.75, 3.05) is 20.3 Å². The molecule has 0 atom stereocenters. The Kier molecular flexibility index (Phi) is 6.92. The predicted octanol–water partition coefficient (Wildman–Crippen LogP) is 5.30. The van der Waals surface area contributed by atoms with Crippen molar-refractivity contribution in [3.8, 4) is 17.1 Å². The number of esters is 1. The molecule has 0 fully saturated rings. The number of hydrogen-bond donors (Lipinski definition) is 1. The largest absolute Gasteiger partial charge is 0.478 e. The van der Waals surface area contributed by atoms with Crippen LogP contribution in [0.1, 0.15) is 35.3 Å². The van der Waals surface area contributed by atoms with Crippen LogP contribution in [0, 0.1) is 5.41 Å². The first kappa shape index (κ1) is 23.0. The topological polar surface area (TPSA) is 86.4 Å². The third kappa shape index (κ3) is 4.50.